The minimum Gasteiger partial charge on any atom is -0.247 e. The van der Waals surface area contributed by atoms with Gasteiger partial charge >= 0.3 is 23.2 Å². The van der Waals surface area contributed by atoms with Crippen molar-refractivity contribution in [3.63, 3.8) is 0 Å². The van der Waals surface area contributed by atoms with Crippen molar-refractivity contribution < 1.29 is 13.2 Å². The molecule has 0 aliphatic rings. The van der Waals surface area contributed by atoms with Gasteiger partial charge in [0, 0.05) is 11.1 Å². The molecular formula is C21H19ClF3N3O3. The second-order valence-electron chi connectivity index (χ2n) is 7.27. The van der Waals surface area contributed by atoms with Crippen LogP contribution in [0.4, 0.5) is 13.2 Å². The summed E-state index contributed by atoms with van der Waals surface area (Å²) in [7, 11) is 0. The van der Waals surface area contributed by atoms with Gasteiger partial charge in [0.1, 0.15) is 0 Å². The first-order valence-corrected chi connectivity index (χ1v) is 9.74. The molecule has 0 radical (unpaired) electrons. The Kier molecular flexibility index (Phi) is 6.26. The van der Waals surface area contributed by atoms with Crippen molar-refractivity contribution in [2.45, 2.75) is 39.2 Å². The fourth-order valence-electron chi connectivity index (χ4n) is 3.24. The van der Waals surface area contributed by atoms with E-state index < -0.39 is 41.4 Å². The van der Waals surface area contributed by atoms with E-state index in [9.17, 15) is 27.6 Å². The lowest BCUT2D eigenvalue weighted by atomic mass is 10.1. The van der Waals surface area contributed by atoms with E-state index in [0.29, 0.717) is 15.2 Å². The number of aromatic nitrogens is 3. The zero-order valence-corrected chi connectivity index (χ0v) is 17.4. The van der Waals surface area contributed by atoms with Crippen molar-refractivity contribution in [2.24, 2.45) is 0 Å². The fraction of sp³-hybridized carbons (Fsp3) is 0.286. The van der Waals surface area contributed by atoms with Crippen LogP contribution in [0.1, 0.15) is 36.6 Å². The molecule has 0 saturated heterocycles. The van der Waals surface area contributed by atoms with Gasteiger partial charge in [-0.05, 0) is 43.2 Å². The molecule has 0 bridgehead atoms. The lowest BCUT2D eigenvalue weighted by Gasteiger charge is -2.18. The summed E-state index contributed by atoms with van der Waals surface area (Å²) in [5.74, 6) is 0. The first-order chi connectivity index (χ1) is 14.5. The summed E-state index contributed by atoms with van der Waals surface area (Å²) >= 11 is 5.86. The minimum atomic E-state index is -4.66. The maximum atomic E-state index is 13.4. The molecule has 2 aromatic carbocycles. The molecular weight excluding hydrogens is 435 g/mol. The van der Waals surface area contributed by atoms with Crippen LogP contribution in [-0.4, -0.2) is 13.7 Å². The van der Waals surface area contributed by atoms with Gasteiger partial charge in [0.15, 0.2) is 0 Å². The highest BCUT2D eigenvalue weighted by atomic mass is 35.5. The summed E-state index contributed by atoms with van der Waals surface area (Å²) in [6.07, 6.45) is -4.66. The van der Waals surface area contributed by atoms with Crippen LogP contribution >= 0.6 is 11.6 Å². The Labute approximate surface area is 179 Å². The van der Waals surface area contributed by atoms with Crippen LogP contribution < -0.4 is 17.1 Å². The molecule has 0 aliphatic carbocycles. The zero-order chi connectivity index (χ0) is 22.9. The maximum absolute atomic E-state index is 13.4. The standard InChI is InChI=1S/C21H19ClF3N3O3/c1-13(2)28-19(30)26(11-14-7-9-16(22)10-8-14)18(29)27(20(28)31)12-15-5-3-4-6-17(15)21(23,24)25/h3-10,13H,11-12H2,1-2H3. The van der Waals surface area contributed by atoms with E-state index in [0.717, 1.165) is 15.2 Å². The zero-order valence-electron chi connectivity index (χ0n) is 16.7. The summed E-state index contributed by atoms with van der Waals surface area (Å²) in [6, 6.07) is 10.5. The normalized spacial score (nSPS) is 11.8. The summed E-state index contributed by atoms with van der Waals surface area (Å²) in [5, 5.41) is 0.462. The van der Waals surface area contributed by atoms with Crippen LogP contribution in [0.3, 0.4) is 0 Å². The first-order valence-electron chi connectivity index (χ1n) is 9.36. The molecule has 0 saturated carbocycles. The molecule has 0 spiro atoms. The van der Waals surface area contributed by atoms with E-state index in [2.05, 4.69) is 0 Å². The summed E-state index contributed by atoms with van der Waals surface area (Å²) < 4.78 is 42.5. The van der Waals surface area contributed by atoms with E-state index in [1.807, 2.05) is 0 Å². The fourth-order valence-corrected chi connectivity index (χ4v) is 3.37. The van der Waals surface area contributed by atoms with Crippen LogP contribution in [-0.2, 0) is 19.3 Å². The molecule has 0 atom stereocenters. The van der Waals surface area contributed by atoms with Crippen molar-refractivity contribution in [3.8, 4) is 0 Å². The molecule has 3 rings (SSSR count). The third-order valence-corrected chi connectivity index (χ3v) is 5.01. The highest BCUT2D eigenvalue weighted by Crippen LogP contribution is 2.31. The molecule has 31 heavy (non-hydrogen) atoms. The molecule has 0 unspecified atom stereocenters. The number of hydrogen-bond donors (Lipinski definition) is 0. The van der Waals surface area contributed by atoms with Gasteiger partial charge in [-0.15, -0.1) is 0 Å². The van der Waals surface area contributed by atoms with Gasteiger partial charge in [-0.2, -0.15) is 13.2 Å². The second-order valence-corrected chi connectivity index (χ2v) is 7.70. The second kappa shape index (κ2) is 8.58. The molecule has 3 aromatic rings. The number of nitrogens with zero attached hydrogens (tertiary/aromatic N) is 3. The predicted molar refractivity (Wildman–Crippen MR) is 111 cm³/mol. The third kappa shape index (κ3) is 4.66. The smallest absolute Gasteiger partial charge is 0.247 e. The Bertz CT molecular complexity index is 1270. The molecule has 0 N–H and O–H groups in total. The van der Waals surface area contributed by atoms with Crippen molar-refractivity contribution in [1.29, 1.82) is 0 Å². The van der Waals surface area contributed by atoms with Gasteiger partial charge in [-0.3, -0.25) is 0 Å². The number of hydrogen-bond acceptors (Lipinski definition) is 3. The quantitative estimate of drug-likeness (QED) is 0.593. The Balaban J connectivity index is 2.21. The Hall–Kier alpha value is -3.07. The Morgan fingerprint density at radius 2 is 1.39 bits per heavy atom. The van der Waals surface area contributed by atoms with E-state index in [4.69, 9.17) is 11.6 Å². The van der Waals surface area contributed by atoms with Crippen LogP contribution in [0.25, 0.3) is 0 Å². The SMILES string of the molecule is CC(C)n1c(=O)n(Cc2ccc(Cl)cc2)c(=O)n(Cc2ccccc2C(F)(F)F)c1=O. The molecule has 10 heteroatoms. The summed E-state index contributed by atoms with van der Waals surface area (Å²) in [5.41, 5.74) is -3.41. The number of rotatable bonds is 5. The van der Waals surface area contributed by atoms with Crippen LogP contribution in [0.2, 0.25) is 5.02 Å². The van der Waals surface area contributed by atoms with Crippen molar-refractivity contribution in [3.05, 3.63) is 102 Å². The predicted octanol–water partition coefficient (Wildman–Crippen LogP) is 3.52. The maximum Gasteiger partial charge on any atom is 0.416 e. The monoisotopic (exact) mass is 453 g/mol. The molecule has 6 nitrogen and oxygen atoms in total. The number of halogens is 4. The summed E-state index contributed by atoms with van der Waals surface area (Å²) in [6.45, 7) is 2.37. The largest absolute Gasteiger partial charge is 0.416 e. The van der Waals surface area contributed by atoms with Gasteiger partial charge in [0.2, 0.25) is 0 Å². The van der Waals surface area contributed by atoms with E-state index in [1.54, 1.807) is 38.1 Å². The van der Waals surface area contributed by atoms with E-state index >= 15 is 0 Å². The van der Waals surface area contributed by atoms with E-state index in [-0.39, 0.29) is 12.1 Å². The van der Waals surface area contributed by atoms with Gasteiger partial charge in [0.05, 0.1) is 18.7 Å². The molecule has 0 fully saturated rings. The molecule has 1 heterocycles. The highest BCUT2D eigenvalue weighted by Gasteiger charge is 2.33. The lowest BCUT2D eigenvalue weighted by molar-refractivity contribution is -0.138. The van der Waals surface area contributed by atoms with Crippen LogP contribution in [0.15, 0.2) is 62.9 Å². The first kappa shape index (κ1) is 22.6. The lowest BCUT2D eigenvalue weighted by Crippen LogP contribution is -2.55. The average molecular weight is 454 g/mol. The van der Waals surface area contributed by atoms with Gasteiger partial charge in [-0.25, -0.2) is 28.1 Å². The van der Waals surface area contributed by atoms with Gasteiger partial charge < -0.3 is 0 Å². The molecule has 1 aromatic heterocycles. The third-order valence-electron chi connectivity index (χ3n) is 4.76. The summed E-state index contributed by atoms with van der Waals surface area (Å²) in [4.78, 5) is 38.8. The molecule has 164 valence electrons. The Morgan fingerprint density at radius 3 is 1.94 bits per heavy atom. The minimum absolute atomic E-state index is 0.164. The van der Waals surface area contributed by atoms with E-state index in [1.165, 1.54) is 18.2 Å². The van der Waals surface area contributed by atoms with Crippen molar-refractivity contribution >= 4 is 11.6 Å². The van der Waals surface area contributed by atoms with Crippen molar-refractivity contribution in [2.75, 3.05) is 0 Å². The van der Waals surface area contributed by atoms with Crippen LogP contribution in [0.5, 0.6) is 0 Å². The van der Waals surface area contributed by atoms with Gasteiger partial charge in [0.25, 0.3) is 0 Å². The Morgan fingerprint density at radius 1 is 0.839 bits per heavy atom. The number of benzene rings is 2. The van der Waals surface area contributed by atoms with Crippen LogP contribution in [0, 0.1) is 0 Å². The van der Waals surface area contributed by atoms with Crippen molar-refractivity contribution in [1.82, 2.24) is 13.7 Å². The highest BCUT2D eigenvalue weighted by molar-refractivity contribution is 6.30. The number of alkyl halides is 3. The average Bonchev–Trinajstić information content (AvgIpc) is 2.69. The van der Waals surface area contributed by atoms with Gasteiger partial charge in [-0.1, -0.05) is 41.9 Å². The molecule has 0 aliphatic heterocycles. The molecule has 0 amide bonds. The topological polar surface area (TPSA) is 66.0 Å².